The van der Waals surface area contributed by atoms with E-state index in [9.17, 15) is 4.79 Å². The van der Waals surface area contributed by atoms with E-state index in [1.807, 2.05) is 41.0 Å². The van der Waals surface area contributed by atoms with E-state index < -0.39 is 0 Å². The molecule has 3 heterocycles. The van der Waals surface area contributed by atoms with Crippen LogP contribution in [-0.4, -0.2) is 63.2 Å². The van der Waals surface area contributed by atoms with E-state index in [4.69, 9.17) is 5.10 Å². The van der Waals surface area contributed by atoms with E-state index in [1.165, 1.54) is 0 Å². The van der Waals surface area contributed by atoms with Crippen molar-refractivity contribution < 1.29 is 4.79 Å². The van der Waals surface area contributed by atoms with Gasteiger partial charge in [-0.05, 0) is 57.7 Å². The summed E-state index contributed by atoms with van der Waals surface area (Å²) < 4.78 is 2.01. The fraction of sp³-hybridized carbons (Fsp3) is 0.625. The molecule has 1 aliphatic heterocycles. The second kappa shape index (κ2) is 9.29. The predicted molar refractivity (Wildman–Crippen MR) is 121 cm³/mol. The van der Waals surface area contributed by atoms with Crippen LogP contribution in [0.15, 0.2) is 30.5 Å². The Hall–Kier alpha value is -2.21. The molecule has 0 aromatic carbocycles. The van der Waals surface area contributed by atoms with Crippen molar-refractivity contribution in [2.75, 3.05) is 26.7 Å². The zero-order chi connectivity index (χ0) is 21.9. The van der Waals surface area contributed by atoms with Gasteiger partial charge in [0, 0.05) is 56.7 Å². The molecule has 0 spiro atoms. The number of hydrogen-bond donors (Lipinski definition) is 0. The van der Waals surface area contributed by atoms with E-state index in [1.54, 1.807) is 0 Å². The Morgan fingerprint density at radius 2 is 1.93 bits per heavy atom. The number of carbonyl (C=O) groups excluding carboxylic acids is 1. The first-order valence-corrected chi connectivity index (χ1v) is 11.2. The van der Waals surface area contributed by atoms with Gasteiger partial charge in [-0.3, -0.25) is 14.5 Å². The molecule has 2 aromatic heterocycles. The van der Waals surface area contributed by atoms with Crippen molar-refractivity contribution in [3.05, 3.63) is 47.5 Å². The highest BCUT2D eigenvalue weighted by Gasteiger charge is 2.29. The summed E-state index contributed by atoms with van der Waals surface area (Å²) in [5.74, 6) is 0.359. The first-order chi connectivity index (χ1) is 14.2. The first-order valence-electron chi connectivity index (χ1n) is 11.2. The number of amides is 1. The molecule has 1 amide bonds. The number of piperidine rings is 1. The van der Waals surface area contributed by atoms with Crippen LogP contribution in [0.3, 0.4) is 0 Å². The van der Waals surface area contributed by atoms with Crippen molar-refractivity contribution >= 4 is 5.91 Å². The molecule has 1 fully saturated rings. The minimum Gasteiger partial charge on any atom is -0.337 e. The van der Waals surface area contributed by atoms with Crippen LogP contribution >= 0.6 is 0 Å². The molecule has 0 aliphatic carbocycles. The Morgan fingerprint density at radius 3 is 2.47 bits per heavy atom. The molecule has 1 aliphatic rings. The maximum Gasteiger partial charge on any atom is 0.274 e. The molecule has 6 heteroatoms. The lowest BCUT2D eigenvalue weighted by molar-refractivity contribution is 0.0636. The quantitative estimate of drug-likeness (QED) is 0.723. The maximum atomic E-state index is 13.2. The van der Waals surface area contributed by atoms with Gasteiger partial charge in [-0.25, -0.2) is 0 Å². The summed E-state index contributed by atoms with van der Waals surface area (Å²) in [6.07, 6.45) is 4.83. The standard InChI is InChI=1S/C24H37N5O/c1-18(2)22-17-21(26-29(22)24(3,4)5)23(30)27(6)20-11-15-28(16-12-20)14-10-19-9-7-8-13-25-19/h7-9,13,17-18,20H,10-12,14-16H2,1-6H3. The highest BCUT2D eigenvalue weighted by atomic mass is 16.2. The summed E-state index contributed by atoms with van der Waals surface area (Å²) in [6, 6.07) is 8.33. The SMILES string of the molecule is CC(C)c1cc(C(=O)N(C)C2CCN(CCc3ccccn3)CC2)nn1C(C)(C)C. The highest BCUT2D eigenvalue weighted by Crippen LogP contribution is 2.25. The molecule has 0 radical (unpaired) electrons. The highest BCUT2D eigenvalue weighted by molar-refractivity contribution is 5.92. The Bertz CT molecular complexity index is 829. The second-order valence-electron chi connectivity index (χ2n) is 9.75. The van der Waals surface area contributed by atoms with Gasteiger partial charge in [-0.1, -0.05) is 19.9 Å². The van der Waals surface area contributed by atoms with Gasteiger partial charge in [0.2, 0.25) is 0 Å². The molecular weight excluding hydrogens is 374 g/mol. The van der Waals surface area contributed by atoms with E-state index in [-0.39, 0.29) is 17.5 Å². The van der Waals surface area contributed by atoms with Crippen molar-refractivity contribution in [3.8, 4) is 0 Å². The lowest BCUT2D eigenvalue weighted by Gasteiger charge is -2.36. The van der Waals surface area contributed by atoms with Crippen LogP contribution in [-0.2, 0) is 12.0 Å². The average Bonchev–Trinajstić information content (AvgIpc) is 3.19. The van der Waals surface area contributed by atoms with Gasteiger partial charge in [0.15, 0.2) is 5.69 Å². The number of aromatic nitrogens is 3. The van der Waals surface area contributed by atoms with Crippen molar-refractivity contribution in [1.82, 2.24) is 24.6 Å². The summed E-state index contributed by atoms with van der Waals surface area (Å²) in [4.78, 5) is 22.0. The Kier molecular flexibility index (Phi) is 6.96. The summed E-state index contributed by atoms with van der Waals surface area (Å²) >= 11 is 0. The molecule has 0 bridgehead atoms. The zero-order valence-corrected chi connectivity index (χ0v) is 19.4. The molecular formula is C24H37N5O. The fourth-order valence-electron chi connectivity index (χ4n) is 4.14. The lowest BCUT2D eigenvalue weighted by atomic mass is 10.0. The van der Waals surface area contributed by atoms with Crippen LogP contribution in [0.1, 0.15) is 75.3 Å². The molecule has 30 heavy (non-hydrogen) atoms. The Morgan fingerprint density at radius 1 is 1.23 bits per heavy atom. The molecule has 164 valence electrons. The molecule has 3 rings (SSSR count). The largest absolute Gasteiger partial charge is 0.337 e. The number of rotatable bonds is 6. The van der Waals surface area contributed by atoms with Crippen molar-refractivity contribution in [1.29, 1.82) is 0 Å². The van der Waals surface area contributed by atoms with E-state index in [0.29, 0.717) is 11.6 Å². The van der Waals surface area contributed by atoms with Gasteiger partial charge in [0.1, 0.15) is 0 Å². The first kappa shape index (κ1) is 22.5. The third-order valence-corrected chi connectivity index (χ3v) is 6.02. The Balaban J connectivity index is 1.58. The summed E-state index contributed by atoms with van der Waals surface area (Å²) in [5.41, 5.74) is 2.68. The molecule has 0 N–H and O–H groups in total. The molecule has 0 saturated carbocycles. The summed E-state index contributed by atoms with van der Waals surface area (Å²) in [5, 5.41) is 4.70. The van der Waals surface area contributed by atoms with Crippen molar-refractivity contribution in [3.63, 3.8) is 0 Å². The third kappa shape index (κ3) is 5.28. The van der Waals surface area contributed by atoms with Gasteiger partial charge in [-0.2, -0.15) is 5.10 Å². The summed E-state index contributed by atoms with van der Waals surface area (Å²) in [7, 11) is 1.93. The van der Waals surface area contributed by atoms with E-state index >= 15 is 0 Å². The summed E-state index contributed by atoms with van der Waals surface area (Å²) in [6.45, 7) is 13.7. The van der Waals surface area contributed by atoms with Crippen LogP contribution in [0.4, 0.5) is 0 Å². The van der Waals surface area contributed by atoms with Crippen LogP contribution < -0.4 is 0 Å². The second-order valence-corrected chi connectivity index (χ2v) is 9.75. The number of carbonyl (C=O) groups is 1. The van der Waals surface area contributed by atoms with Crippen molar-refractivity contribution in [2.24, 2.45) is 0 Å². The van der Waals surface area contributed by atoms with E-state index in [2.05, 4.69) is 50.6 Å². The van der Waals surface area contributed by atoms with E-state index in [0.717, 1.165) is 50.3 Å². The predicted octanol–water partition coefficient (Wildman–Crippen LogP) is 3.94. The smallest absolute Gasteiger partial charge is 0.274 e. The number of pyridine rings is 1. The van der Waals surface area contributed by atoms with Gasteiger partial charge in [-0.15, -0.1) is 0 Å². The Labute approximate surface area is 181 Å². The number of hydrogen-bond acceptors (Lipinski definition) is 4. The number of nitrogens with zero attached hydrogens (tertiary/aromatic N) is 5. The minimum atomic E-state index is -0.143. The fourth-order valence-corrected chi connectivity index (χ4v) is 4.14. The van der Waals surface area contributed by atoms with Crippen LogP contribution in [0.2, 0.25) is 0 Å². The zero-order valence-electron chi connectivity index (χ0n) is 19.4. The normalized spacial score (nSPS) is 16.2. The molecule has 1 saturated heterocycles. The molecule has 0 atom stereocenters. The number of likely N-dealkylation sites (tertiary alicyclic amines) is 1. The molecule has 2 aromatic rings. The van der Waals surface area contributed by atoms with Crippen LogP contribution in [0.5, 0.6) is 0 Å². The molecule has 0 unspecified atom stereocenters. The minimum absolute atomic E-state index is 0.0341. The van der Waals surface area contributed by atoms with Gasteiger partial charge >= 0.3 is 0 Å². The third-order valence-electron chi connectivity index (χ3n) is 6.02. The van der Waals surface area contributed by atoms with Gasteiger partial charge in [0.05, 0.1) is 5.54 Å². The monoisotopic (exact) mass is 411 g/mol. The van der Waals surface area contributed by atoms with Crippen molar-refractivity contribution in [2.45, 2.75) is 71.4 Å². The van der Waals surface area contributed by atoms with Crippen LogP contribution in [0.25, 0.3) is 0 Å². The maximum absolute atomic E-state index is 13.2. The van der Waals surface area contributed by atoms with Gasteiger partial charge < -0.3 is 9.80 Å². The van der Waals surface area contributed by atoms with Gasteiger partial charge in [0.25, 0.3) is 5.91 Å². The molecule has 6 nitrogen and oxygen atoms in total. The van der Waals surface area contributed by atoms with Crippen LogP contribution in [0, 0.1) is 0 Å². The lowest BCUT2D eigenvalue weighted by Crippen LogP contribution is -2.46. The topological polar surface area (TPSA) is 54.3 Å². The average molecular weight is 412 g/mol.